The van der Waals surface area contributed by atoms with Gasteiger partial charge in [0.2, 0.25) is 11.8 Å². The van der Waals surface area contributed by atoms with Gasteiger partial charge in [-0.1, -0.05) is 23.8 Å². The van der Waals surface area contributed by atoms with Crippen LogP contribution in [0.3, 0.4) is 0 Å². The summed E-state index contributed by atoms with van der Waals surface area (Å²) in [5.74, 6) is 1.02. The number of carbonyl (C=O) groups excluding carboxylic acids is 2. The minimum atomic E-state index is -0.127. The molecule has 0 bridgehead atoms. The first-order valence-electron chi connectivity index (χ1n) is 8.76. The number of aryl methyl sites for hydroxylation is 1. The van der Waals surface area contributed by atoms with Gasteiger partial charge in [0.15, 0.2) is 11.5 Å². The molecule has 1 N–H and O–H groups in total. The molecule has 6 heteroatoms. The van der Waals surface area contributed by atoms with Gasteiger partial charge in [0, 0.05) is 32.1 Å². The molecule has 0 heterocycles. The van der Waals surface area contributed by atoms with E-state index in [0.29, 0.717) is 24.6 Å². The Bertz CT molecular complexity index is 787. The molecule has 0 aliphatic heterocycles. The average molecular weight is 370 g/mol. The quantitative estimate of drug-likeness (QED) is 0.773. The van der Waals surface area contributed by atoms with Crippen molar-refractivity contribution in [2.45, 2.75) is 26.8 Å². The molecule has 27 heavy (non-hydrogen) atoms. The Labute approximate surface area is 160 Å². The third kappa shape index (κ3) is 6.02. The molecule has 2 aromatic carbocycles. The Balaban J connectivity index is 1.96. The van der Waals surface area contributed by atoms with Gasteiger partial charge in [0.1, 0.15) is 0 Å². The summed E-state index contributed by atoms with van der Waals surface area (Å²) < 4.78 is 10.5. The Morgan fingerprint density at radius 3 is 2.26 bits per heavy atom. The summed E-state index contributed by atoms with van der Waals surface area (Å²) in [4.78, 5) is 25.8. The fourth-order valence-corrected chi connectivity index (χ4v) is 2.64. The average Bonchev–Trinajstić information content (AvgIpc) is 2.66. The largest absolute Gasteiger partial charge is 0.493 e. The number of amides is 2. The molecule has 0 radical (unpaired) electrons. The maximum atomic E-state index is 12.2. The van der Waals surface area contributed by atoms with Crippen LogP contribution in [0, 0.1) is 6.92 Å². The maximum absolute atomic E-state index is 12.2. The molecule has 0 spiro atoms. The minimum absolute atomic E-state index is 0.0899. The van der Waals surface area contributed by atoms with Crippen molar-refractivity contribution < 1.29 is 19.1 Å². The van der Waals surface area contributed by atoms with Crippen LogP contribution in [0.1, 0.15) is 24.5 Å². The van der Waals surface area contributed by atoms with Gasteiger partial charge in [-0.05, 0) is 36.8 Å². The van der Waals surface area contributed by atoms with Gasteiger partial charge in [0.05, 0.1) is 14.2 Å². The Morgan fingerprint density at radius 1 is 1.00 bits per heavy atom. The number of benzene rings is 2. The van der Waals surface area contributed by atoms with Crippen LogP contribution in [0.15, 0.2) is 42.5 Å². The molecule has 0 aliphatic carbocycles. The minimum Gasteiger partial charge on any atom is -0.493 e. The van der Waals surface area contributed by atoms with Gasteiger partial charge in [-0.15, -0.1) is 0 Å². The Hall–Kier alpha value is -3.02. The number of ether oxygens (including phenoxy) is 2. The monoisotopic (exact) mass is 370 g/mol. The summed E-state index contributed by atoms with van der Waals surface area (Å²) in [6.45, 7) is 4.22. The van der Waals surface area contributed by atoms with Crippen molar-refractivity contribution in [3.05, 3.63) is 53.6 Å². The highest BCUT2D eigenvalue weighted by Crippen LogP contribution is 2.28. The molecule has 0 saturated heterocycles. The van der Waals surface area contributed by atoms with Crippen molar-refractivity contribution in [2.75, 3.05) is 26.1 Å². The normalized spacial score (nSPS) is 10.2. The van der Waals surface area contributed by atoms with Crippen molar-refractivity contribution in [1.29, 1.82) is 0 Å². The second-order valence-corrected chi connectivity index (χ2v) is 6.29. The van der Waals surface area contributed by atoms with E-state index in [1.807, 2.05) is 43.3 Å². The van der Waals surface area contributed by atoms with Crippen LogP contribution >= 0.6 is 0 Å². The van der Waals surface area contributed by atoms with E-state index in [-0.39, 0.29) is 18.2 Å². The smallest absolute Gasteiger partial charge is 0.226 e. The highest BCUT2D eigenvalue weighted by Gasteiger charge is 2.14. The molecule has 6 nitrogen and oxygen atoms in total. The van der Waals surface area contributed by atoms with Crippen LogP contribution in [0.5, 0.6) is 11.5 Å². The zero-order chi connectivity index (χ0) is 19.8. The molecule has 2 rings (SSSR count). The van der Waals surface area contributed by atoms with E-state index >= 15 is 0 Å². The zero-order valence-electron chi connectivity index (χ0n) is 16.2. The van der Waals surface area contributed by atoms with E-state index in [9.17, 15) is 9.59 Å². The summed E-state index contributed by atoms with van der Waals surface area (Å²) >= 11 is 0. The lowest BCUT2D eigenvalue weighted by Gasteiger charge is -2.21. The fourth-order valence-electron chi connectivity index (χ4n) is 2.64. The number of hydrogen-bond acceptors (Lipinski definition) is 4. The van der Waals surface area contributed by atoms with Crippen molar-refractivity contribution in [3.63, 3.8) is 0 Å². The number of nitrogens with zero attached hydrogens (tertiary/aromatic N) is 1. The summed E-state index contributed by atoms with van der Waals surface area (Å²) in [6, 6.07) is 13.1. The molecule has 0 aromatic heterocycles. The van der Waals surface area contributed by atoms with E-state index in [1.54, 1.807) is 25.2 Å². The van der Waals surface area contributed by atoms with Crippen molar-refractivity contribution in [2.24, 2.45) is 0 Å². The summed E-state index contributed by atoms with van der Waals surface area (Å²) in [5.41, 5.74) is 2.78. The van der Waals surface area contributed by atoms with Crippen LogP contribution in [-0.2, 0) is 16.1 Å². The summed E-state index contributed by atoms with van der Waals surface area (Å²) in [7, 11) is 3.14. The second kappa shape index (κ2) is 9.62. The number of nitrogens with one attached hydrogen (secondary N) is 1. The molecule has 0 saturated carbocycles. The van der Waals surface area contributed by atoms with E-state index in [1.165, 1.54) is 6.92 Å². The maximum Gasteiger partial charge on any atom is 0.226 e. The number of hydrogen-bond donors (Lipinski definition) is 1. The summed E-state index contributed by atoms with van der Waals surface area (Å²) in [6.07, 6.45) is 0.223. The molecule has 2 amide bonds. The topological polar surface area (TPSA) is 67.9 Å². The van der Waals surface area contributed by atoms with Gasteiger partial charge in [-0.3, -0.25) is 9.59 Å². The third-order valence-electron chi connectivity index (χ3n) is 4.21. The van der Waals surface area contributed by atoms with E-state index in [2.05, 4.69) is 5.32 Å². The fraction of sp³-hybridized carbons (Fsp3) is 0.333. The highest BCUT2D eigenvalue weighted by atomic mass is 16.5. The van der Waals surface area contributed by atoms with Crippen LogP contribution in [-0.4, -0.2) is 37.5 Å². The van der Waals surface area contributed by atoms with Crippen LogP contribution in [0.4, 0.5) is 5.69 Å². The Morgan fingerprint density at radius 2 is 1.67 bits per heavy atom. The molecule has 2 aromatic rings. The molecule has 0 fully saturated rings. The molecule has 0 unspecified atom stereocenters. The number of anilines is 1. The second-order valence-electron chi connectivity index (χ2n) is 6.29. The van der Waals surface area contributed by atoms with Gasteiger partial charge in [-0.25, -0.2) is 0 Å². The van der Waals surface area contributed by atoms with Gasteiger partial charge in [-0.2, -0.15) is 0 Å². The highest BCUT2D eigenvalue weighted by molar-refractivity contribution is 5.91. The predicted octanol–water partition coefficient (Wildman–Crippen LogP) is 3.39. The van der Waals surface area contributed by atoms with Gasteiger partial charge >= 0.3 is 0 Å². The molecular formula is C21H26N2O4. The van der Waals surface area contributed by atoms with Crippen LogP contribution < -0.4 is 14.8 Å². The lowest BCUT2D eigenvalue weighted by molar-refractivity contribution is -0.129. The Kier molecular flexibility index (Phi) is 7.23. The molecule has 0 atom stereocenters. The molecule has 144 valence electrons. The standard InChI is InChI=1S/C21H26N2O4/c1-15-5-8-18(9-6-15)22-21(25)11-12-23(16(2)24)14-17-7-10-19(26-3)20(13-17)27-4/h5-10,13H,11-12,14H2,1-4H3,(H,22,25). The van der Waals surface area contributed by atoms with Crippen LogP contribution in [0.25, 0.3) is 0 Å². The number of carbonyl (C=O) groups is 2. The molecule has 0 aliphatic rings. The predicted molar refractivity (Wildman–Crippen MR) is 105 cm³/mol. The molecular weight excluding hydrogens is 344 g/mol. The SMILES string of the molecule is COc1ccc(CN(CCC(=O)Nc2ccc(C)cc2)C(C)=O)cc1OC. The first-order valence-corrected chi connectivity index (χ1v) is 8.76. The zero-order valence-corrected chi connectivity index (χ0v) is 16.2. The number of methoxy groups -OCH3 is 2. The lowest BCUT2D eigenvalue weighted by Crippen LogP contribution is -2.31. The number of rotatable bonds is 8. The first kappa shape index (κ1) is 20.3. The van der Waals surface area contributed by atoms with Crippen molar-refractivity contribution in [1.82, 2.24) is 4.90 Å². The van der Waals surface area contributed by atoms with E-state index in [0.717, 1.165) is 16.8 Å². The van der Waals surface area contributed by atoms with E-state index in [4.69, 9.17) is 9.47 Å². The summed E-state index contributed by atoms with van der Waals surface area (Å²) in [5, 5.41) is 2.85. The van der Waals surface area contributed by atoms with Gasteiger partial charge in [0.25, 0.3) is 0 Å². The van der Waals surface area contributed by atoms with Crippen molar-refractivity contribution in [3.8, 4) is 11.5 Å². The van der Waals surface area contributed by atoms with E-state index < -0.39 is 0 Å². The van der Waals surface area contributed by atoms with Gasteiger partial charge < -0.3 is 19.7 Å². The van der Waals surface area contributed by atoms with Crippen LogP contribution in [0.2, 0.25) is 0 Å². The first-order chi connectivity index (χ1) is 12.9. The third-order valence-corrected chi connectivity index (χ3v) is 4.21. The lowest BCUT2D eigenvalue weighted by atomic mass is 10.1. The van der Waals surface area contributed by atoms with Crippen molar-refractivity contribution >= 4 is 17.5 Å².